The molecule has 0 N–H and O–H groups in total. The Bertz CT molecular complexity index is 1100. The molecule has 4 rings (SSSR count). The van der Waals surface area contributed by atoms with Crippen molar-refractivity contribution < 1.29 is 9.53 Å². The molecule has 0 radical (unpaired) electrons. The predicted molar refractivity (Wildman–Crippen MR) is 115 cm³/mol. The Hall–Kier alpha value is -3.39. The fourth-order valence-corrected chi connectivity index (χ4v) is 3.47. The van der Waals surface area contributed by atoms with Gasteiger partial charge in [-0.05, 0) is 64.1 Å². The Morgan fingerprint density at radius 1 is 0.679 bits per heavy atom. The number of carbonyl (C=O) groups excluding carboxylic acids is 1. The first-order valence-electron chi connectivity index (χ1n) is 9.48. The molecule has 0 bridgehead atoms. The van der Waals surface area contributed by atoms with E-state index in [1.807, 2.05) is 30.3 Å². The summed E-state index contributed by atoms with van der Waals surface area (Å²) in [6, 6.07) is 31.4. The van der Waals surface area contributed by atoms with Crippen LogP contribution in [0.3, 0.4) is 0 Å². The first-order valence-corrected chi connectivity index (χ1v) is 9.48. The van der Waals surface area contributed by atoms with Gasteiger partial charge in [-0.25, -0.2) is 4.79 Å². The van der Waals surface area contributed by atoms with Crippen molar-refractivity contribution in [2.45, 2.75) is 12.8 Å². The van der Waals surface area contributed by atoms with E-state index in [1.165, 1.54) is 40.1 Å². The maximum absolute atomic E-state index is 11.5. The Morgan fingerprint density at radius 3 is 2.07 bits per heavy atom. The van der Waals surface area contributed by atoms with Crippen LogP contribution in [0.2, 0.25) is 0 Å². The first kappa shape index (κ1) is 18.0. The second-order valence-electron chi connectivity index (χ2n) is 6.95. The third-order valence-corrected chi connectivity index (χ3v) is 5.09. The van der Waals surface area contributed by atoms with Crippen LogP contribution in [-0.4, -0.2) is 13.1 Å². The number of ether oxygens (including phenoxy) is 1. The minimum absolute atomic E-state index is 0.295. The number of fused-ring (bicyclic) bond motifs is 1. The van der Waals surface area contributed by atoms with Crippen LogP contribution in [0.1, 0.15) is 21.5 Å². The van der Waals surface area contributed by atoms with Crippen molar-refractivity contribution in [3.05, 3.63) is 108 Å². The van der Waals surface area contributed by atoms with Gasteiger partial charge in [0.2, 0.25) is 0 Å². The maximum atomic E-state index is 11.5. The number of hydrogen-bond acceptors (Lipinski definition) is 2. The summed E-state index contributed by atoms with van der Waals surface area (Å²) >= 11 is 0. The lowest BCUT2D eigenvalue weighted by molar-refractivity contribution is 0.0600. The van der Waals surface area contributed by atoms with Crippen molar-refractivity contribution in [3.8, 4) is 11.1 Å². The van der Waals surface area contributed by atoms with E-state index in [1.54, 1.807) is 0 Å². The predicted octanol–water partition coefficient (Wildman–Crippen LogP) is 6.08. The van der Waals surface area contributed by atoms with Gasteiger partial charge in [0.25, 0.3) is 0 Å². The zero-order valence-corrected chi connectivity index (χ0v) is 15.9. The smallest absolute Gasteiger partial charge is 0.337 e. The average molecular weight is 366 g/mol. The molecule has 0 amide bonds. The zero-order chi connectivity index (χ0) is 19.3. The van der Waals surface area contributed by atoms with Crippen molar-refractivity contribution in [2.75, 3.05) is 7.11 Å². The molecule has 138 valence electrons. The number of aryl methyl sites for hydroxylation is 2. The van der Waals surface area contributed by atoms with Crippen LogP contribution in [0, 0.1) is 0 Å². The number of benzene rings is 4. The monoisotopic (exact) mass is 366 g/mol. The van der Waals surface area contributed by atoms with E-state index >= 15 is 0 Å². The van der Waals surface area contributed by atoms with Crippen molar-refractivity contribution >= 4 is 16.7 Å². The van der Waals surface area contributed by atoms with Gasteiger partial charge in [0.1, 0.15) is 0 Å². The molecular weight excluding hydrogens is 344 g/mol. The second-order valence-corrected chi connectivity index (χ2v) is 6.95. The number of rotatable bonds is 5. The lowest BCUT2D eigenvalue weighted by atomic mass is 9.98. The lowest BCUT2D eigenvalue weighted by Gasteiger charge is -2.07. The minimum atomic E-state index is -0.295. The molecule has 0 saturated heterocycles. The molecule has 0 spiro atoms. The molecule has 2 heteroatoms. The van der Waals surface area contributed by atoms with Crippen LogP contribution in [-0.2, 0) is 17.6 Å². The number of esters is 1. The number of carbonyl (C=O) groups is 1. The Kier molecular flexibility index (Phi) is 5.20. The van der Waals surface area contributed by atoms with Crippen molar-refractivity contribution in [1.82, 2.24) is 0 Å². The van der Waals surface area contributed by atoms with Gasteiger partial charge in [-0.3, -0.25) is 0 Å². The van der Waals surface area contributed by atoms with Crippen LogP contribution < -0.4 is 0 Å². The first-order chi connectivity index (χ1) is 13.7. The molecule has 28 heavy (non-hydrogen) atoms. The maximum Gasteiger partial charge on any atom is 0.337 e. The molecule has 0 fully saturated rings. The van der Waals surface area contributed by atoms with E-state index in [-0.39, 0.29) is 5.97 Å². The van der Waals surface area contributed by atoms with Gasteiger partial charge in [-0.2, -0.15) is 0 Å². The van der Waals surface area contributed by atoms with E-state index in [0.717, 1.165) is 12.8 Å². The molecule has 0 unspecified atom stereocenters. The SMILES string of the molecule is COC(=O)c1ccc(CCc2ccc3cc(-c4ccccc4)ccc3c2)cc1. The summed E-state index contributed by atoms with van der Waals surface area (Å²) in [5.41, 5.74) is 5.60. The quantitative estimate of drug-likeness (QED) is 0.400. The molecule has 2 nitrogen and oxygen atoms in total. The Balaban J connectivity index is 1.48. The van der Waals surface area contributed by atoms with Crippen molar-refractivity contribution in [2.24, 2.45) is 0 Å². The van der Waals surface area contributed by atoms with Gasteiger partial charge in [-0.1, -0.05) is 72.8 Å². The highest BCUT2D eigenvalue weighted by Gasteiger charge is 2.05. The summed E-state index contributed by atoms with van der Waals surface area (Å²) in [5, 5.41) is 2.52. The molecule has 0 atom stereocenters. The van der Waals surface area contributed by atoms with E-state index in [4.69, 9.17) is 4.74 Å². The minimum Gasteiger partial charge on any atom is -0.465 e. The van der Waals surface area contributed by atoms with Gasteiger partial charge in [0.15, 0.2) is 0 Å². The van der Waals surface area contributed by atoms with Crippen LogP contribution in [0.25, 0.3) is 21.9 Å². The standard InChI is InChI=1S/C26H22O2/c1-28-26(27)22-12-9-19(10-13-22)7-8-20-11-14-25-18-24(16-15-23(25)17-20)21-5-3-2-4-6-21/h2-6,9-18H,7-8H2,1H3. The number of hydrogen-bond donors (Lipinski definition) is 0. The van der Waals surface area contributed by atoms with Gasteiger partial charge < -0.3 is 4.74 Å². The second kappa shape index (κ2) is 8.10. The molecular formula is C26H22O2. The Morgan fingerprint density at radius 2 is 1.32 bits per heavy atom. The number of methoxy groups -OCH3 is 1. The van der Waals surface area contributed by atoms with Crippen molar-refractivity contribution in [3.63, 3.8) is 0 Å². The highest BCUT2D eigenvalue weighted by molar-refractivity contribution is 5.89. The summed E-state index contributed by atoms with van der Waals surface area (Å²) < 4.78 is 4.74. The summed E-state index contributed by atoms with van der Waals surface area (Å²) in [5.74, 6) is -0.295. The molecule has 0 aromatic heterocycles. The van der Waals surface area contributed by atoms with Crippen LogP contribution in [0.15, 0.2) is 91.0 Å². The van der Waals surface area contributed by atoms with Gasteiger partial charge >= 0.3 is 5.97 Å². The zero-order valence-electron chi connectivity index (χ0n) is 15.9. The normalized spacial score (nSPS) is 10.8. The molecule has 0 aliphatic rings. The van der Waals surface area contributed by atoms with E-state index in [9.17, 15) is 4.79 Å². The fourth-order valence-electron chi connectivity index (χ4n) is 3.47. The van der Waals surface area contributed by atoms with E-state index < -0.39 is 0 Å². The topological polar surface area (TPSA) is 26.3 Å². The highest BCUT2D eigenvalue weighted by atomic mass is 16.5. The molecule has 4 aromatic rings. The molecule has 0 aliphatic carbocycles. The molecule has 4 aromatic carbocycles. The third kappa shape index (κ3) is 3.96. The van der Waals surface area contributed by atoms with E-state index in [0.29, 0.717) is 5.56 Å². The summed E-state index contributed by atoms with van der Waals surface area (Å²) in [6.07, 6.45) is 1.91. The fraction of sp³-hybridized carbons (Fsp3) is 0.115. The van der Waals surface area contributed by atoms with E-state index in [2.05, 4.69) is 60.7 Å². The molecule has 0 aliphatic heterocycles. The third-order valence-electron chi connectivity index (χ3n) is 5.09. The summed E-state index contributed by atoms with van der Waals surface area (Å²) in [6.45, 7) is 0. The largest absolute Gasteiger partial charge is 0.465 e. The van der Waals surface area contributed by atoms with Gasteiger partial charge in [0, 0.05) is 0 Å². The van der Waals surface area contributed by atoms with Crippen LogP contribution >= 0.6 is 0 Å². The van der Waals surface area contributed by atoms with Crippen LogP contribution in [0.5, 0.6) is 0 Å². The summed E-state index contributed by atoms with van der Waals surface area (Å²) in [7, 11) is 1.40. The van der Waals surface area contributed by atoms with Gasteiger partial charge in [0.05, 0.1) is 12.7 Å². The summed E-state index contributed by atoms with van der Waals surface area (Å²) in [4.78, 5) is 11.5. The average Bonchev–Trinajstić information content (AvgIpc) is 2.77. The highest BCUT2D eigenvalue weighted by Crippen LogP contribution is 2.25. The van der Waals surface area contributed by atoms with Crippen LogP contribution in [0.4, 0.5) is 0 Å². The molecule has 0 heterocycles. The lowest BCUT2D eigenvalue weighted by Crippen LogP contribution is -2.01. The molecule has 0 saturated carbocycles. The van der Waals surface area contributed by atoms with Gasteiger partial charge in [-0.15, -0.1) is 0 Å². The Labute approximate surface area is 165 Å². The van der Waals surface area contributed by atoms with Crippen molar-refractivity contribution in [1.29, 1.82) is 0 Å².